The van der Waals surface area contributed by atoms with E-state index in [1.807, 2.05) is 30.3 Å². The molecule has 2 heterocycles. The standard InChI is InChI=1S/C16H21NO6/c1-9(18)17-12-13(19)16(20-2)22-11-8-21-15(23-14(11)12)10-6-4-3-5-7-10/h3-7,11-16,19H,8H2,1-2H3,(H,17,18)/t11-,12+,13+,14-,15+,16+/m0/s1. The Balaban J connectivity index is 1.80. The lowest BCUT2D eigenvalue weighted by Gasteiger charge is -2.47. The van der Waals surface area contributed by atoms with Crippen molar-refractivity contribution in [1.29, 1.82) is 0 Å². The SMILES string of the molecule is CO[C@@H]1O[C@H]2CO[C@@H](c3ccccc3)O[C@@H]2[C@H](NC(C)=O)[C@H]1O. The highest BCUT2D eigenvalue weighted by Crippen LogP contribution is 2.34. The van der Waals surface area contributed by atoms with Crippen molar-refractivity contribution in [3.8, 4) is 0 Å². The monoisotopic (exact) mass is 323 g/mol. The Labute approximate surface area is 134 Å². The molecule has 7 nitrogen and oxygen atoms in total. The number of methoxy groups -OCH3 is 1. The number of fused-ring (bicyclic) bond motifs is 1. The van der Waals surface area contributed by atoms with E-state index in [1.165, 1.54) is 14.0 Å². The van der Waals surface area contributed by atoms with E-state index in [4.69, 9.17) is 18.9 Å². The Morgan fingerprint density at radius 1 is 1.30 bits per heavy atom. The van der Waals surface area contributed by atoms with Gasteiger partial charge in [0.1, 0.15) is 18.3 Å². The summed E-state index contributed by atoms with van der Waals surface area (Å²) in [4.78, 5) is 11.5. The van der Waals surface area contributed by atoms with Gasteiger partial charge in [-0.3, -0.25) is 4.79 Å². The van der Waals surface area contributed by atoms with Crippen LogP contribution in [-0.2, 0) is 23.7 Å². The number of aliphatic hydroxyl groups is 1. The van der Waals surface area contributed by atoms with Crippen molar-refractivity contribution in [2.45, 2.75) is 43.9 Å². The van der Waals surface area contributed by atoms with Crippen molar-refractivity contribution < 1.29 is 28.8 Å². The summed E-state index contributed by atoms with van der Waals surface area (Å²) < 4.78 is 22.5. The van der Waals surface area contributed by atoms with Crippen LogP contribution in [0.3, 0.4) is 0 Å². The van der Waals surface area contributed by atoms with Gasteiger partial charge in [0.2, 0.25) is 5.91 Å². The van der Waals surface area contributed by atoms with Gasteiger partial charge in [-0.05, 0) is 0 Å². The molecule has 0 saturated carbocycles. The molecular weight excluding hydrogens is 302 g/mol. The van der Waals surface area contributed by atoms with Crippen LogP contribution in [0.5, 0.6) is 0 Å². The van der Waals surface area contributed by atoms with Crippen LogP contribution in [0, 0.1) is 0 Å². The molecule has 3 rings (SSSR count). The van der Waals surface area contributed by atoms with E-state index < -0.39 is 36.9 Å². The molecule has 2 saturated heterocycles. The van der Waals surface area contributed by atoms with E-state index in [0.29, 0.717) is 0 Å². The molecule has 2 aliphatic rings. The summed E-state index contributed by atoms with van der Waals surface area (Å²) in [5.41, 5.74) is 0.871. The first kappa shape index (κ1) is 16.4. The van der Waals surface area contributed by atoms with Crippen LogP contribution < -0.4 is 5.32 Å². The summed E-state index contributed by atoms with van der Waals surface area (Å²) in [5, 5.41) is 13.1. The predicted octanol–water partition coefficient (Wildman–Crippen LogP) is 0.337. The molecule has 1 aromatic rings. The second kappa shape index (κ2) is 6.94. The summed E-state index contributed by atoms with van der Waals surface area (Å²) in [6.07, 6.45) is -3.39. The first-order valence-corrected chi connectivity index (χ1v) is 7.55. The number of ether oxygens (including phenoxy) is 4. The molecule has 0 bridgehead atoms. The van der Waals surface area contributed by atoms with E-state index in [-0.39, 0.29) is 12.5 Å². The number of amides is 1. The van der Waals surface area contributed by atoms with Gasteiger partial charge in [-0.2, -0.15) is 0 Å². The van der Waals surface area contributed by atoms with Crippen LogP contribution in [0.2, 0.25) is 0 Å². The van der Waals surface area contributed by atoms with E-state index in [9.17, 15) is 9.90 Å². The average molecular weight is 323 g/mol. The third-order valence-electron chi connectivity index (χ3n) is 4.04. The maximum atomic E-state index is 11.5. The second-order valence-corrected chi connectivity index (χ2v) is 5.67. The molecule has 2 fully saturated rings. The van der Waals surface area contributed by atoms with Crippen LogP contribution >= 0.6 is 0 Å². The number of rotatable bonds is 3. The minimum atomic E-state index is -1.03. The average Bonchev–Trinajstić information content (AvgIpc) is 2.57. The lowest BCUT2D eigenvalue weighted by molar-refractivity contribution is -0.340. The zero-order chi connectivity index (χ0) is 16.4. The van der Waals surface area contributed by atoms with Crippen molar-refractivity contribution in [3.05, 3.63) is 35.9 Å². The van der Waals surface area contributed by atoms with E-state index in [2.05, 4.69) is 5.32 Å². The molecule has 1 amide bonds. The fourth-order valence-corrected chi connectivity index (χ4v) is 2.98. The smallest absolute Gasteiger partial charge is 0.217 e. The predicted molar refractivity (Wildman–Crippen MR) is 79.3 cm³/mol. The number of aliphatic hydroxyl groups excluding tert-OH is 1. The fourth-order valence-electron chi connectivity index (χ4n) is 2.98. The van der Waals surface area contributed by atoms with Crippen molar-refractivity contribution in [2.24, 2.45) is 0 Å². The zero-order valence-electron chi connectivity index (χ0n) is 13.0. The van der Waals surface area contributed by atoms with Gasteiger partial charge in [0, 0.05) is 19.6 Å². The Morgan fingerprint density at radius 2 is 2.04 bits per heavy atom. The van der Waals surface area contributed by atoms with Gasteiger partial charge in [0.05, 0.1) is 12.6 Å². The second-order valence-electron chi connectivity index (χ2n) is 5.67. The molecule has 0 spiro atoms. The Kier molecular flexibility index (Phi) is 4.93. The molecule has 0 aliphatic carbocycles. The molecule has 2 N–H and O–H groups in total. The van der Waals surface area contributed by atoms with Crippen LogP contribution in [0.15, 0.2) is 30.3 Å². The molecule has 0 radical (unpaired) electrons. The summed E-state index contributed by atoms with van der Waals surface area (Å²) in [6, 6.07) is 8.87. The molecule has 0 unspecified atom stereocenters. The fraction of sp³-hybridized carbons (Fsp3) is 0.562. The molecular formula is C16H21NO6. The highest BCUT2D eigenvalue weighted by molar-refractivity contribution is 5.73. The molecule has 1 aromatic carbocycles. The Bertz CT molecular complexity index is 539. The number of carbonyl (C=O) groups is 1. The first-order chi connectivity index (χ1) is 11.1. The molecule has 0 aromatic heterocycles. The lowest BCUT2D eigenvalue weighted by Crippen LogP contribution is -2.67. The summed E-state index contributed by atoms with van der Waals surface area (Å²) in [6.45, 7) is 1.68. The van der Waals surface area contributed by atoms with E-state index in [1.54, 1.807) is 0 Å². The summed E-state index contributed by atoms with van der Waals surface area (Å²) in [5.74, 6) is -0.254. The number of hydrogen-bond acceptors (Lipinski definition) is 6. The molecule has 126 valence electrons. The third-order valence-corrected chi connectivity index (χ3v) is 4.04. The van der Waals surface area contributed by atoms with Gasteiger partial charge in [-0.15, -0.1) is 0 Å². The van der Waals surface area contributed by atoms with Gasteiger partial charge in [0.25, 0.3) is 0 Å². The minimum absolute atomic E-state index is 0.254. The first-order valence-electron chi connectivity index (χ1n) is 7.55. The summed E-state index contributed by atoms with van der Waals surface area (Å²) in [7, 11) is 1.44. The third kappa shape index (κ3) is 3.39. The largest absolute Gasteiger partial charge is 0.386 e. The van der Waals surface area contributed by atoms with Gasteiger partial charge in [-0.25, -0.2) is 0 Å². The number of carbonyl (C=O) groups excluding carboxylic acids is 1. The topological polar surface area (TPSA) is 86.3 Å². The van der Waals surface area contributed by atoms with Crippen molar-refractivity contribution in [2.75, 3.05) is 13.7 Å². The molecule has 7 heteroatoms. The normalized spacial score (nSPS) is 37.0. The van der Waals surface area contributed by atoms with Gasteiger partial charge < -0.3 is 29.4 Å². The molecule has 23 heavy (non-hydrogen) atoms. The zero-order valence-corrected chi connectivity index (χ0v) is 13.0. The minimum Gasteiger partial charge on any atom is -0.386 e. The Morgan fingerprint density at radius 3 is 2.70 bits per heavy atom. The quantitative estimate of drug-likeness (QED) is 0.834. The van der Waals surface area contributed by atoms with Crippen molar-refractivity contribution in [3.63, 3.8) is 0 Å². The van der Waals surface area contributed by atoms with Crippen LogP contribution in [0.25, 0.3) is 0 Å². The van der Waals surface area contributed by atoms with E-state index >= 15 is 0 Å². The van der Waals surface area contributed by atoms with Crippen molar-refractivity contribution in [1.82, 2.24) is 5.32 Å². The van der Waals surface area contributed by atoms with E-state index in [0.717, 1.165) is 5.56 Å². The van der Waals surface area contributed by atoms with Gasteiger partial charge in [-0.1, -0.05) is 30.3 Å². The number of nitrogens with one attached hydrogen (secondary N) is 1. The van der Waals surface area contributed by atoms with Crippen LogP contribution in [-0.4, -0.2) is 55.4 Å². The van der Waals surface area contributed by atoms with Crippen LogP contribution in [0.1, 0.15) is 18.8 Å². The number of hydrogen-bond donors (Lipinski definition) is 2. The van der Waals surface area contributed by atoms with Crippen molar-refractivity contribution >= 4 is 5.91 Å². The van der Waals surface area contributed by atoms with Gasteiger partial charge in [0.15, 0.2) is 12.6 Å². The summed E-state index contributed by atoms with van der Waals surface area (Å²) >= 11 is 0. The van der Waals surface area contributed by atoms with Gasteiger partial charge >= 0.3 is 0 Å². The van der Waals surface area contributed by atoms with Crippen LogP contribution in [0.4, 0.5) is 0 Å². The maximum Gasteiger partial charge on any atom is 0.217 e. The molecule has 2 aliphatic heterocycles. The highest BCUT2D eigenvalue weighted by atomic mass is 16.7. The Hall–Kier alpha value is -1.51. The highest BCUT2D eigenvalue weighted by Gasteiger charge is 2.49. The maximum absolute atomic E-state index is 11.5. The molecule has 6 atom stereocenters. The lowest BCUT2D eigenvalue weighted by atomic mass is 9.95. The number of benzene rings is 1.